The second-order valence-electron chi connectivity index (χ2n) is 7.87. The Kier molecular flexibility index (Phi) is 17.1. The first-order valence-corrected chi connectivity index (χ1v) is 10.7. The summed E-state index contributed by atoms with van der Waals surface area (Å²) in [6, 6.07) is 0.748. The van der Waals surface area contributed by atoms with Gasteiger partial charge in [0.15, 0.2) is 0 Å². The lowest BCUT2D eigenvalue weighted by molar-refractivity contribution is 0.187. The summed E-state index contributed by atoms with van der Waals surface area (Å²) in [6.07, 6.45) is 18.8. The molecule has 146 valence electrons. The number of nitrogens with one attached hydrogen (secondary N) is 1. The Hall–Kier alpha value is 0.400. The molecule has 1 heterocycles. The molecule has 0 amide bonds. The molecular formula is C21H45BrN2. The van der Waals surface area contributed by atoms with E-state index in [9.17, 15) is 0 Å². The minimum Gasteiger partial charge on any atom is -0.303 e. The fourth-order valence-corrected chi connectivity index (χ4v) is 3.78. The van der Waals surface area contributed by atoms with Crippen molar-refractivity contribution < 1.29 is 0 Å². The Morgan fingerprint density at radius 1 is 0.792 bits per heavy atom. The van der Waals surface area contributed by atoms with Crippen LogP contribution in [0.3, 0.4) is 0 Å². The van der Waals surface area contributed by atoms with Crippen LogP contribution in [0.5, 0.6) is 0 Å². The molecule has 24 heavy (non-hydrogen) atoms. The lowest BCUT2D eigenvalue weighted by Gasteiger charge is -2.28. The number of hydrogen-bond donors (Lipinski definition) is 1. The van der Waals surface area contributed by atoms with Gasteiger partial charge in [-0.15, -0.1) is 17.0 Å². The molecule has 0 aliphatic carbocycles. The Morgan fingerprint density at radius 2 is 1.29 bits per heavy atom. The first kappa shape index (κ1) is 24.4. The summed E-state index contributed by atoms with van der Waals surface area (Å²) < 4.78 is 0. The smallest absolute Gasteiger partial charge is 0.0484 e. The molecule has 0 spiro atoms. The van der Waals surface area contributed by atoms with E-state index < -0.39 is 0 Å². The molecule has 1 fully saturated rings. The molecule has 0 bridgehead atoms. The maximum absolute atomic E-state index is 3.45. The summed E-state index contributed by atoms with van der Waals surface area (Å²) in [5.41, 5.74) is 0. The van der Waals surface area contributed by atoms with E-state index in [1.807, 2.05) is 0 Å². The van der Waals surface area contributed by atoms with Gasteiger partial charge in [0.05, 0.1) is 0 Å². The Bertz CT molecular complexity index is 254. The van der Waals surface area contributed by atoms with Crippen LogP contribution in [-0.2, 0) is 0 Å². The highest BCUT2D eigenvalue weighted by Crippen LogP contribution is 2.19. The van der Waals surface area contributed by atoms with Gasteiger partial charge >= 0.3 is 0 Å². The van der Waals surface area contributed by atoms with Crippen molar-refractivity contribution in [1.82, 2.24) is 10.2 Å². The summed E-state index contributed by atoms with van der Waals surface area (Å²) in [5.74, 6) is 0.845. The van der Waals surface area contributed by atoms with Crippen molar-refractivity contribution >= 4 is 17.0 Å². The molecule has 1 N–H and O–H groups in total. The number of rotatable bonds is 15. The second-order valence-corrected chi connectivity index (χ2v) is 7.87. The molecule has 2 unspecified atom stereocenters. The van der Waals surface area contributed by atoms with Gasteiger partial charge in [0, 0.05) is 25.8 Å². The molecule has 0 saturated carbocycles. The lowest BCUT2D eigenvalue weighted by atomic mass is 9.95. The molecule has 2 atom stereocenters. The predicted molar refractivity (Wildman–Crippen MR) is 114 cm³/mol. The highest BCUT2D eigenvalue weighted by Gasteiger charge is 2.21. The lowest BCUT2D eigenvalue weighted by Crippen LogP contribution is -2.36. The van der Waals surface area contributed by atoms with Crippen LogP contribution in [-0.4, -0.2) is 30.7 Å². The monoisotopic (exact) mass is 404 g/mol. The van der Waals surface area contributed by atoms with Crippen molar-refractivity contribution in [2.24, 2.45) is 5.92 Å². The van der Waals surface area contributed by atoms with Gasteiger partial charge in [-0.3, -0.25) is 4.90 Å². The first-order valence-electron chi connectivity index (χ1n) is 10.7. The zero-order valence-corrected chi connectivity index (χ0v) is 18.5. The van der Waals surface area contributed by atoms with Crippen LogP contribution in [0.15, 0.2) is 0 Å². The molecule has 0 aromatic rings. The number of unbranched alkanes of at least 4 members (excludes halogenated alkanes) is 11. The zero-order valence-electron chi connectivity index (χ0n) is 16.8. The fourth-order valence-electron chi connectivity index (χ4n) is 3.78. The third-order valence-electron chi connectivity index (χ3n) is 5.80. The van der Waals surface area contributed by atoms with E-state index in [0.717, 1.165) is 18.6 Å². The zero-order chi connectivity index (χ0) is 16.8. The Morgan fingerprint density at radius 3 is 1.75 bits per heavy atom. The highest BCUT2D eigenvalue weighted by molar-refractivity contribution is 8.93. The topological polar surface area (TPSA) is 15.3 Å². The van der Waals surface area contributed by atoms with Gasteiger partial charge in [0.1, 0.15) is 0 Å². The molecule has 0 aromatic carbocycles. The van der Waals surface area contributed by atoms with Gasteiger partial charge in [0.25, 0.3) is 0 Å². The SMILES string of the molecule is Br.CCCCCCCCCCCCCCC(C)C(C)N1CCNC1. The number of nitrogens with zero attached hydrogens (tertiary/aromatic N) is 1. The van der Waals surface area contributed by atoms with Gasteiger partial charge in [-0.05, 0) is 19.3 Å². The minimum absolute atomic E-state index is 0. The van der Waals surface area contributed by atoms with E-state index >= 15 is 0 Å². The number of halogens is 1. The summed E-state index contributed by atoms with van der Waals surface area (Å²) in [5, 5.41) is 3.45. The van der Waals surface area contributed by atoms with E-state index in [1.165, 1.54) is 96.6 Å². The molecule has 1 aliphatic heterocycles. The maximum Gasteiger partial charge on any atom is 0.0484 e. The molecule has 0 radical (unpaired) electrons. The average Bonchev–Trinajstić information content (AvgIpc) is 3.09. The van der Waals surface area contributed by atoms with Gasteiger partial charge in [-0.1, -0.05) is 90.9 Å². The molecule has 2 nitrogen and oxygen atoms in total. The van der Waals surface area contributed by atoms with E-state index in [4.69, 9.17) is 0 Å². The van der Waals surface area contributed by atoms with Crippen LogP contribution in [0, 0.1) is 5.92 Å². The molecule has 0 aromatic heterocycles. The second kappa shape index (κ2) is 16.8. The van der Waals surface area contributed by atoms with E-state index in [-0.39, 0.29) is 17.0 Å². The number of hydrogen-bond acceptors (Lipinski definition) is 2. The maximum atomic E-state index is 3.45. The van der Waals surface area contributed by atoms with Crippen molar-refractivity contribution in [2.75, 3.05) is 19.8 Å². The first-order chi connectivity index (χ1) is 11.3. The predicted octanol–water partition coefficient (Wildman–Crippen LogP) is 6.54. The van der Waals surface area contributed by atoms with Crippen molar-refractivity contribution in [3.05, 3.63) is 0 Å². The van der Waals surface area contributed by atoms with Crippen molar-refractivity contribution in [3.8, 4) is 0 Å². The minimum atomic E-state index is 0. The summed E-state index contributed by atoms with van der Waals surface area (Å²) in [6.45, 7) is 10.7. The van der Waals surface area contributed by atoms with Crippen molar-refractivity contribution in [1.29, 1.82) is 0 Å². The van der Waals surface area contributed by atoms with Gasteiger partial charge in [-0.25, -0.2) is 0 Å². The van der Waals surface area contributed by atoms with Crippen molar-refractivity contribution in [2.45, 2.75) is 110 Å². The van der Waals surface area contributed by atoms with Crippen molar-refractivity contribution in [3.63, 3.8) is 0 Å². The van der Waals surface area contributed by atoms with Crippen LogP contribution in [0.2, 0.25) is 0 Å². The summed E-state index contributed by atoms with van der Waals surface area (Å²) in [4.78, 5) is 2.60. The van der Waals surface area contributed by atoms with Crippen LogP contribution in [0.1, 0.15) is 104 Å². The van der Waals surface area contributed by atoms with Gasteiger partial charge < -0.3 is 5.32 Å². The quantitative estimate of drug-likeness (QED) is 0.311. The average molecular weight is 406 g/mol. The third kappa shape index (κ3) is 11.9. The molecule has 1 saturated heterocycles. The Balaban J connectivity index is 0.00000529. The molecule has 1 rings (SSSR count). The van der Waals surface area contributed by atoms with Crippen LogP contribution in [0.25, 0.3) is 0 Å². The van der Waals surface area contributed by atoms with E-state index in [0.29, 0.717) is 0 Å². The molecule has 1 aliphatic rings. The molecule has 3 heteroatoms. The summed E-state index contributed by atoms with van der Waals surface area (Å²) in [7, 11) is 0. The van der Waals surface area contributed by atoms with Crippen LogP contribution < -0.4 is 5.32 Å². The third-order valence-corrected chi connectivity index (χ3v) is 5.80. The Labute approximate surface area is 163 Å². The molecular weight excluding hydrogens is 360 g/mol. The fraction of sp³-hybridized carbons (Fsp3) is 1.00. The summed E-state index contributed by atoms with van der Waals surface area (Å²) >= 11 is 0. The van der Waals surface area contributed by atoms with Crippen LogP contribution in [0.4, 0.5) is 0 Å². The van der Waals surface area contributed by atoms with E-state index in [1.54, 1.807) is 0 Å². The van der Waals surface area contributed by atoms with E-state index in [2.05, 4.69) is 31.0 Å². The largest absolute Gasteiger partial charge is 0.303 e. The highest BCUT2D eigenvalue weighted by atomic mass is 79.9. The standard InChI is InChI=1S/C21H44N2.BrH/c1-4-5-6-7-8-9-10-11-12-13-14-15-16-20(2)21(3)23-18-17-22-19-23;/h20-22H,4-19H2,1-3H3;1H. The van der Waals surface area contributed by atoms with Gasteiger partial charge in [-0.2, -0.15) is 0 Å². The normalized spacial score (nSPS) is 17.6. The van der Waals surface area contributed by atoms with Gasteiger partial charge in [0.2, 0.25) is 0 Å². The van der Waals surface area contributed by atoms with Crippen LogP contribution >= 0.6 is 17.0 Å².